The monoisotopic (exact) mass is 238 g/mol. The predicted molar refractivity (Wildman–Crippen MR) is 62.6 cm³/mol. The molecule has 1 heterocycles. The van der Waals surface area contributed by atoms with Gasteiger partial charge in [0.15, 0.2) is 0 Å². The highest BCUT2D eigenvalue weighted by Gasteiger charge is 2.29. The Kier molecular flexibility index (Phi) is 2.64. The number of fused-ring (bicyclic) bond motifs is 1. The van der Waals surface area contributed by atoms with Gasteiger partial charge in [0.1, 0.15) is 0 Å². The molecule has 0 fully saturated rings. The zero-order chi connectivity index (χ0) is 11.9. The molecule has 0 spiro atoms. The van der Waals surface area contributed by atoms with Gasteiger partial charge in [-0.15, -0.1) is 0 Å². The summed E-state index contributed by atoms with van der Waals surface area (Å²) >= 11 is 0. The van der Waals surface area contributed by atoms with E-state index in [4.69, 9.17) is 0 Å². The molecule has 1 aromatic carbocycles. The maximum atomic E-state index is 12.1. The van der Waals surface area contributed by atoms with Crippen LogP contribution in [0.3, 0.4) is 0 Å². The molecule has 0 amide bonds. The number of rotatable bonds is 2. The minimum absolute atomic E-state index is 0.177. The third-order valence-electron chi connectivity index (χ3n) is 2.62. The molecule has 1 aromatic rings. The van der Waals surface area contributed by atoms with Crippen LogP contribution in [0.2, 0.25) is 0 Å². The number of benzene rings is 1. The van der Waals surface area contributed by atoms with Crippen molar-refractivity contribution in [1.29, 1.82) is 0 Å². The first-order valence-corrected chi connectivity index (χ1v) is 6.64. The second-order valence-electron chi connectivity index (χ2n) is 4.21. The summed E-state index contributed by atoms with van der Waals surface area (Å²) in [5.41, 5.74) is 1.65. The smallest absolute Gasteiger partial charge is 0.203 e. The summed E-state index contributed by atoms with van der Waals surface area (Å²) in [4.78, 5) is 0.672. The van der Waals surface area contributed by atoms with Gasteiger partial charge in [0.2, 0.25) is 9.84 Å². The maximum absolute atomic E-state index is 12.1. The van der Waals surface area contributed by atoms with Crippen LogP contribution in [0.5, 0.6) is 0 Å². The predicted octanol–water partition coefficient (Wildman–Crippen LogP) is 1.89. The summed E-state index contributed by atoms with van der Waals surface area (Å²) in [6, 6.07) is 5.36. The highest BCUT2D eigenvalue weighted by Crippen LogP contribution is 2.35. The normalized spacial score (nSPS) is 19.1. The summed E-state index contributed by atoms with van der Waals surface area (Å²) < 4.78 is 24.2. The van der Waals surface area contributed by atoms with E-state index in [1.165, 1.54) is 0 Å². The van der Waals surface area contributed by atoms with Crippen molar-refractivity contribution in [3.05, 3.63) is 34.2 Å². The number of hydrogen-bond acceptors (Lipinski definition) is 3. The summed E-state index contributed by atoms with van der Waals surface area (Å²) in [5, 5.41) is 9.27. The maximum Gasteiger partial charge on any atom is 0.203 e. The summed E-state index contributed by atoms with van der Waals surface area (Å²) in [7, 11) is -3.36. The fraction of sp³-hybridized carbons (Fsp3) is 0.333. The van der Waals surface area contributed by atoms with E-state index in [-0.39, 0.29) is 6.42 Å². The lowest BCUT2D eigenvalue weighted by Crippen LogP contribution is -2.07. The minimum atomic E-state index is -3.36. The Bertz CT molecular complexity index is 554. The molecule has 3 nitrogen and oxygen atoms in total. The van der Waals surface area contributed by atoms with E-state index < -0.39 is 15.9 Å². The average molecular weight is 238 g/mol. The molecule has 1 aliphatic rings. The fourth-order valence-electron chi connectivity index (χ4n) is 1.85. The molecule has 1 N–H and O–H groups in total. The van der Waals surface area contributed by atoms with Crippen molar-refractivity contribution >= 4 is 15.9 Å². The number of aliphatic hydroxyl groups excluding tert-OH is 1. The van der Waals surface area contributed by atoms with Crippen LogP contribution in [-0.4, -0.2) is 19.6 Å². The molecular formula is C12H14O3S. The minimum Gasteiger partial charge on any atom is -0.393 e. The molecule has 0 saturated heterocycles. The molecule has 2 rings (SSSR count). The van der Waals surface area contributed by atoms with E-state index in [1.54, 1.807) is 25.1 Å². The summed E-state index contributed by atoms with van der Waals surface area (Å²) in [5.74, 6) is 0. The van der Waals surface area contributed by atoms with Crippen LogP contribution in [-0.2, 0) is 9.84 Å². The van der Waals surface area contributed by atoms with Crippen LogP contribution in [0.15, 0.2) is 28.0 Å². The molecular weight excluding hydrogens is 224 g/mol. The first-order valence-electron chi connectivity index (χ1n) is 5.15. The molecule has 16 heavy (non-hydrogen) atoms. The van der Waals surface area contributed by atoms with E-state index >= 15 is 0 Å². The zero-order valence-corrected chi connectivity index (χ0v) is 10.1. The van der Waals surface area contributed by atoms with Gasteiger partial charge in [-0.3, -0.25) is 0 Å². The van der Waals surface area contributed by atoms with Gasteiger partial charge < -0.3 is 5.11 Å². The van der Waals surface area contributed by atoms with Crippen LogP contribution in [0.4, 0.5) is 0 Å². The molecule has 0 radical (unpaired) electrons. The van der Waals surface area contributed by atoms with Gasteiger partial charge in [-0.1, -0.05) is 12.1 Å². The summed E-state index contributed by atoms with van der Waals surface area (Å²) in [6.07, 6.45) is 1.18. The standard InChI is InChI=1S/C12H14O3S/c1-8-3-4-10-7-11(6-9(2)13)16(14,15)12(10)5-8/h3-5,7,9,13H,6H2,1-2H3. The Labute approximate surface area is 95.3 Å². The van der Waals surface area contributed by atoms with Crippen molar-refractivity contribution in [2.45, 2.75) is 31.3 Å². The number of aryl methyl sites for hydroxylation is 1. The first-order chi connectivity index (χ1) is 7.41. The van der Waals surface area contributed by atoms with E-state index in [0.717, 1.165) is 11.1 Å². The van der Waals surface area contributed by atoms with Crippen molar-refractivity contribution in [3.8, 4) is 0 Å². The Morgan fingerprint density at radius 3 is 2.69 bits per heavy atom. The highest BCUT2D eigenvalue weighted by atomic mass is 32.2. The molecule has 1 aliphatic heterocycles. The highest BCUT2D eigenvalue weighted by molar-refractivity contribution is 7.95. The Morgan fingerprint density at radius 2 is 2.06 bits per heavy atom. The topological polar surface area (TPSA) is 54.4 Å². The lowest BCUT2D eigenvalue weighted by atomic mass is 10.1. The summed E-state index contributed by atoms with van der Waals surface area (Å²) in [6.45, 7) is 3.45. The average Bonchev–Trinajstić information content (AvgIpc) is 2.40. The van der Waals surface area contributed by atoms with Crippen LogP contribution in [0.1, 0.15) is 24.5 Å². The molecule has 0 bridgehead atoms. The SMILES string of the molecule is Cc1ccc2c(c1)S(=O)(=O)C(CC(C)O)=C2. The van der Waals surface area contributed by atoms with Crippen LogP contribution < -0.4 is 0 Å². The lowest BCUT2D eigenvalue weighted by Gasteiger charge is -2.06. The van der Waals surface area contributed by atoms with E-state index in [1.807, 2.05) is 13.0 Å². The third-order valence-corrected chi connectivity index (χ3v) is 4.52. The largest absolute Gasteiger partial charge is 0.393 e. The fourth-order valence-corrected chi connectivity index (χ4v) is 3.65. The van der Waals surface area contributed by atoms with Crippen LogP contribution >= 0.6 is 0 Å². The molecule has 86 valence electrons. The van der Waals surface area contributed by atoms with Crippen molar-refractivity contribution < 1.29 is 13.5 Å². The number of sulfone groups is 1. The number of aliphatic hydroxyl groups is 1. The van der Waals surface area contributed by atoms with Gasteiger partial charge in [0, 0.05) is 6.42 Å². The van der Waals surface area contributed by atoms with E-state index in [0.29, 0.717) is 9.80 Å². The van der Waals surface area contributed by atoms with Crippen LogP contribution in [0, 0.1) is 6.92 Å². The van der Waals surface area contributed by atoms with Gasteiger partial charge in [-0.2, -0.15) is 0 Å². The molecule has 0 saturated carbocycles. The van der Waals surface area contributed by atoms with E-state index in [9.17, 15) is 13.5 Å². The van der Waals surface area contributed by atoms with Crippen LogP contribution in [0.25, 0.3) is 6.08 Å². The van der Waals surface area contributed by atoms with Gasteiger partial charge in [0.25, 0.3) is 0 Å². The zero-order valence-electron chi connectivity index (χ0n) is 9.27. The molecule has 0 aliphatic carbocycles. The number of hydrogen-bond donors (Lipinski definition) is 1. The van der Waals surface area contributed by atoms with Crippen molar-refractivity contribution in [3.63, 3.8) is 0 Å². The van der Waals surface area contributed by atoms with Crippen molar-refractivity contribution in [2.75, 3.05) is 0 Å². The van der Waals surface area contributed by atoms with Crippen molar-refractivity contribution in [1.82, 2.24) is 0 Å². The second kappa shape index (κ2) is 3.71. The lowest BCUT2D eigenvalue weighted by molar-refractivity contribution is 0.197. The van der Waals surface area contributed by atoms with Gasteiger partial charge in [-0.25, -0.2) is 8.42 Å². The van der Waals surface area contributed by atoms with Gasteiger partial charge in [0.05, 0.1) is 15.9 Å². The van der Waals surface area contributed by atoms with Crippen molar-refractivity contribution in [2.24, 2.45) is 0 Å². The second-order valence-corrected chi connectivity index (χ2v) is 6.18. The quantitative estimate of drug-likeness (QED) is 0.856. The molecule has 0 aromatic heterocycles. The van der Waals surface area contributed by atoms with Gasteiger partial charge >= 0.3 is 0 Å². The Morgan fingerprint density at radius 1 is 1.38 bits per heavy atom. The Balaban J connectivity index is 2.52. The van der Waals surface area contributed by atoms with E-state index in [2.05, 4.69) is 0 Å². The third kappa shape index (κ3) is 1.79. The molecule has 1 atom stereocenters. The molecule has 1 unspecified atom stereocenters. The first kappa shape index (κ1) is 11.4. The van der Waals surface area contributed by atoms with Gasteiger partial charge in [-0.05, 0) is 37.1 Å². The molecule has 4 heteroatoms. The Hall–Kier alpha value is -1.13.